The number of thiophene rings is 1. The molecule has 1 aliphatic carbocycles. The van der Waals surface area contributed by atoms with E-state index in [0.29, 0.717) is 6.54 Å². The first-order valence-electron chi connectivity index (χ1n) is 6.21. The number of carbonyl (C=O) groups excluding carboxylic acids is 1. The van der Waals surface area contributed by atoms with E-state index in [-0.39, 0.29) is 11.8 Å². The minimum atomic E-state index is -0.401. The number of hydrogen-bond donors (Lipinski definition) is 2. The van der Waals surface area contributed by atoms with Crippen LogP contribution in [0.25, 0.3) is 0 Å². The van der Waals surface area contributed by atoms with Crippen LogP contribution in [-0.2, 0) is 24.2 Å². The molecule has 3 N–H and O–H groups in total. The molecular formula is C13H20N2OS. The summed E-state index contributed by atoms with van der Waals surface area (Å²) < 4.78 is 0. The van der Waals surface area contributed by atoms with E-state index < -0.39 is 6.04 Å². The molecule has 0 fully saturated rings. The Morgan fingerprint density at radius 3 is 2.94 bits per heavy atom. The molecule has 1 aromatic heterocycles. The summed E-state index contributed by atoms with van der Waals surface area (Å²) in [5.74, 6) is 0.136. The molecule has 94 valence electrons. The number of rotatable bonds is 4. The predicted octanol–water partition coefficient (Wildman–Crippen LogP) is 1.84. The van der Waals surface area contributed by atoms with Gasteiger partial charge in [0.05, 0.1) is 12.6 Å². The van der Waals surface area contributed by atoms with Crippen molar-refractivity contribution in [3.63, 3.8) is 0 Å². The van der Waals surface area contributed by atoms with Gasteiger partial charge in [-0.1, -0.05) is 13.8 Å². The molecule has 2 rings (SSSR count). The van der Waals surface area contributed by atoms with Gasteiger partial charge in [-0.2, -0.15) is 0 Å². The average Bonchev–Trinajstić information content (AvgIpc) is 2.84. The van der Waals surface area contributed by atoms with Gasteiger partial charge < -0.3 is 11.1 Å². The highest BCUT2D eigenvalue weighted by molar-refractivity contribution is 7.12. The summed E-state index contributed by atoms with van der Waals surface area (Å²) in [6.45, 7) is 4.55. The lowest BCUT2D eigenvalue weighted by atomic mass is 10.1. The lowest BCUT2D eigenvalue weighted by Gasteiger charge is -2.14. The Morgan fingerprint density at radius 1 is 1.53 bits per heavy atom. The normalized spacial score (nSPS) is 16.0. The first-order valence-corrected chi connectivity index (χ1v) is 7.03. The molecule has 0 unspecified atom stereocenters. The summed E-state index contributed by atoms with van der Waals surface area (Å²) in [4.78, 5) is 14.5. The van der Waals surface area contributed by atoms with E-state index in [1.807, 2.05) is 25.2 Å². The van der Waals surface area contributed by atoms with Gasteiger partial charge in [0.25, 0.3) is 0 Å². The van der Waals surface area contributed by atoms with Crippen molar-refractivity contribution in [1.82, 2.24) is 5.32 Å². The fourth-order valence-corrected chi connectivity index (χ4v) is 3.27. The first kappa shape index (κ1) is 12.6. The zero-order valence-electron chi connectivity index (χ0n) is 10.5. The Morgan fingerprint density at radius 2 is 2.29 bits per heavy atom. The third-order valence-electron chi connectivity index (χ3n) is 3.26. The Labute approximate surface area is 106 Å². The highest BCUT2D eigenvalue weighted by Crippen LogP contribution is 2.30. The molecule has 17 heavy (non-hydrogen) atoms. The second-order valence-corrected chi connectivity index (χ2v) is 6.22. The monoisotopic (exact) mass is 252 g/mol. The smallest absolute Gasteiger partial charge is 0.237 e. The van der Waals surface area contributed by atoms with Crippen molar-refractivity contribution >= 4 is 17.2 Å². The third kappa shape index (κ3) is 2.87. The van der Waals surface area contributed by atoms with Crippen LogP contribution in [0.1, 0.15) is 35.6 Å². The maximum absolute atomic E-state index is 11.7. The number of nitrogens with two attached hydrogens (primary N) is 1. The Bertz CT molecular complexity index is 390. The van der Waals surface area contributed by atoms with E-state index in [1.54, 1.807) is 0 Å². The fourth-order valence-electron chi connectivity index (χ4n) is 2.07. The van der Waals surface area contributed by atoms with Crippen LogP contribution >= 0.6 is 11.3 Å². The highest BCUT2D eigenvalue weighted by atomic mass is 32.1. The minimum absolute atomic E-state index is 0.0476. The van der Waals surface area contributed by atoms with Gasteiger partial charge in [-0.3, -0.25) is 4.79 Å². The summed E-state index contributed by atoms with van der Waals surface area (Å²) in [7, 11) is 0. The van der Waals surface area contributed by atoms with E-state index >= 15 is 0 Å². The van der Waals surface area contributed by atoms with E-state index in [2.05, 4.69) is 11.4 Å². The van der Waals surface area contributed by atoms with Crippen LogP contribution in [0.5, 0.6) is 0 Å². The third-order valence-corrected chi connectivity index (χ3v) is 4.49. The van der Waals surface area contributed by atoms with Gasteiger partial charge in [-0.15, -0.1) is 11.3 Å². The molecule has 1 atom stereocenters. The number of amides is 1. The fraction of sp³-hybridized carbons (Fsp3) is 0.615. The molecule has 0 spiro atoms. The minimum Gasteiger partial charge on any atom is -0.350 e. The molecule has 1 aromatic rings. The first-order chi connectivity index (χ1) is 8.08. The molecule has 0 aromatic carbocycles. The van der Waals surface area contributed by atoms with Crippen molar-refractivity contribution in [2.75, 3.05) is 0 Å². The summed E-state index contributed by atoms with van der Waals surface area (Å²) in [5, 5.41) is 2.92. The molecule has 0 saturated carbocycles. The molecular weight excluding hydrogens is 232 g/mol. The van der Waals surface area contributed by atoms with Crippen LogP contribution in [0.2, 0.25) is 0 Å². The zero-order valence-corrected chi connectivity index (χ0v) is 11.3. The van der Waals surface area contributed by atoms with Crippen molar-refractivity contribution in [2.24, 2.45) is 11.7 Å². The summed E-state index contributed by atoms with van der Waals surface area (Å²) in [5.41, 5.74) is 7.27. The van der Waals surface area contributed by atoms with Crippen LogP contribution in [0.4, 0.5) is 0 Å². The van der Waals surface area contributed by atoms with Gasteiger partial charge in [0.15, 0.2) is 0 Å². The topological polar surface area (TPSA) is 55.1 Å². The summed E-state index contributed by atoms with van der Waals surface area (Å²) in [6, 6.07) is 1.83. The van der Waals surface area contributed by atoms with Crippen LogP contribution in [0, 0.1) is 5.92 Å². The molecule has 4 heteroatoms. The molecule has 1 amide bonds. The van der Waals surface area contributed by atoms with Crippen LogP contribution in [0.3, 0.4) is 0 Å². The molecule has 1 heterocycles. The number of carbonyl (C=O) groups is 1. The molecule has 0 saturated heterocycles. The summed E-state index contributed by atoms with van der Waals surface area (Å²) in [6.07, 6.45) is 3.69. The number of fused-ring (bicyclic) bond motifs is 1. The Kier molecular flexibility index (Phi) is 3.84. The van der Waals surface area contributed by atoms with Gasteiger partial charge in [0, 0.05) is 9.75 Å². The largest absolute Gasteiger partial charge is 0.350 e. The Balaban J connectivity index is 1.87. The lowest BCUT2D eigenvalue weighted by molar-refractivity contribution is -0.123. The van der Waals surface area contributed by atoms with E-state index in [1.165, 1.54) is 34.6 Å². The van der Waals surface area contributed by atoms with Gasteiger partial charge in [-0.05, 0) is 36.8 Å². The molecule has 0 bridgehead atoms. The average molecular weight is 252 g/mol. The second-order valence-electron chi connectivity index (χ2n) is 5.00. The standard InChI is InChI=1S/C13H20N2OS/c1-8(2)12(14)13(16)15-7-10-6-9-4-3-5-11(9)17-10/h6,8,12H,3-5,7,14H2,1-2H3,(H,15,16)/t12-/m1/s1. The van der Waals surface area contributed by atoms with Crippen LogP contribution in [-0.4, -0.2) is 11.9 Å². The SMILES string of the molecule is CC(C)[C@@H](N)C(=O)NCc1cc2c(s1)CCC2. The molecule has 3 nitrogen and oxygen atoms in total. The van der Waals surface area contributed by atoms with Crippen LogP contribution < -0.4 is 11.1 Å². The predicted molar refractivity (Wildman–Crippen MR) is 71.0 cm³/mol. The van der Waals surface area contributed by atoms with Crippen molar-refractivity contribution < 1.29 is 4.79 Å². The van der Waals surface area contributed by atoms with Crippen molar-refractivity contribution in [3.05, 3.63) is 21.4 Å². The number of aryl methyl sites for hydroxylation is 2. The number of nitrogens with one attached hydrogen (secondary N) is 1. The van der Waals surface area contributed by atoms with Gasteiger partial charge in [-0.25, -0.2) is 0 Å². The molecule has 1 aliphatic rings. The van der Waals surface area contributed by atoms with E-state index in [9.17, 15) is 4.79 Å². The number of hydrogen-bond acceptors (Lipinski definition) is 3. The maximum Gasteiger partial charge on any atom is 0.237 e. The maximum atomic E-state index is 11.7. The van der Waals surface area contributed by atoms with Gasteiger partial charge >= 0.3 is 0 Å². The summed E-state index contributed by atoms with van der Waals surface area (Å²) >= 11 is 1.83. The van der Waals surface area contributed by atoms with Crippen molar-refractivity contribution in [1.29, 1.82) is 0 Å². The van der Waals surface area contributed by atoms with Gasteiger partial charge in [0.2, 0.25) is 5.91 Å². The molecule has 0 aliphatic heterocycles. The lowest BCUT2D eigenvalue weighted by Crippen LogP contribution is -2.43. The zero-order chi connectivity index (χ0) is 12.4. The van der Waals surface area contributed by atoms with Gasteiger partial charge in [0.1, 0.15) is 0 Å². The van der Waals surface area contributed by atoms with Crippen molar-refractivity contribution in [2.45, 2.75) is 45.7 Å². The van der Waals surface area contributed by atoms with Crippen LogP contribution in [0.15, 0.2) is 6.07 Å². The van der Waals surface area contributed by atoms with E-state index in [0.717, 1.165) is 0 Å². The second kappa shape index (κ2) is 5.19. The van der Waals surface area contributed by atoms with E-state index in [4.69, 9.17) is 5.73 Å². The highest BCUT2D eigenvalue weighted by Gasteiger charge is 2.18. The Hall–Kier alpha value is -0.870. The molecule has 0 radical (unpaired) electrons. The van der Waals surface area contributed by atoms with Crippen molar-refractivity contribution in [3.8, 4) is 0 Å². The quantitative estimate of drug-likeness (QED) is 0.859.